The van der Waals surface area contributed by atoms with Crippen molar-refractivity contribution in [3.63, 3.8) is 0 Å². The zero-order valence-corrected chi connectivity index (χ0v) is 11.6. The molecule has 0 spiro atoms. The monoisotopic (exact) mass is 311 g/mol. The smallest absolute Gasteiger partial charge is 0.254 e. The van der Waals surface area contributed by atoms with Crippen LogP contribution in [0.1, 0.15) is 15.9 Å². The molecule has 1 aromatic heterocycles. The van der Waals surface area contributed by atoms with Gasteiger partial charge in [0.15, 0.2) is 0 Å². The Morgan fingerprint density at radius 3 is 2.81 bits per heavy atom. The van der Waals surface area contributed by atoms with Crippen LogP contribution < -0.4 is 11.1 Å². The van der Waals surface area contributed by atoms with Crippen molar-refractivity contribution in [3.8, 4) is 0 Å². The molecule has 21 heavy (non-hydrogen) atoms. The molecule has 0 aliphatic carbocycles. The van der Waals surface area contributed by atoms with Gasteiger partial charge in [0.25, 0.3) is 5.91 Å². The summed E-state index contributed by atoms with van der Waals surface area (Å²) in [5, 5.41) is 2.75. The summed E-state index contributed by atoms with van der Waals surface area (Å²) in [5.41, 5.74) is 6.22. The molecule has 7 heteroatoms. The summed E-state index contributed by atoms with van der Waals surface area (Å²) < 4.78 is 26.4. The first-order valence-electron chi connectivity index (χ1n) is 6.10. The summed E-state index contributed by atoms with van der Waals surface area (Å²) in [4.78, 5) is 15.6. The summed E-state index contributed by atoms with van der Waals surface area (Å²) >= 11 is 5.64. The van der Waals surface area contributed by atoms with Gasteiger partial charge in [-0.05, 0) is 36.2 Å². The lowest BCUT2D eigenvalue weighted by Gasteiger charge is -2.08. The molecule has 0 radical (unpaired) electrons. The number of hydrogen-bond donors (Lipinski definition) is 2. The third-order valence-corrected chi connectivity index (χ3v) is 3.04. The Labute approximate surface area is 124 Å². The highest BCUT2D eigenvalue weighted by Crippen LogP contribution is 2.15. The Hall–Kier alpha value is -2.21. The van der Waals surface area contributed by atoms with Crippen LogP contribution in [0.4, 0.5) is 14.5 Å². The van der Waals surface area contributed by atoms with Crippen molar-refractivity contribution < 1.29 is 13.6 Å². The van der Waals surface area contributed by atoms with Crippen LogP contribution in [0.25, 0.3) is 0 Å². The number of pyridine rings is 1. The normalized spacial score (nSPS) is 10.4. The third kappa shape index (κ3) is 3.88. The number of halogens is 3. The number of nitrogens with one attached hydrogen (secondary N) is 1. The molecule has 1 heterocycles. The van der Waals surface area contributed by atoms with Crippen LogP contribution in [0.15, 0.2) is 30.5 Å². The first-order chi connectivity index (χ1) is 9.97. The van der Waals surface area contributed by atoms with Crippen molar-refractivity contribution in [1.29, 1.82) is 0 Å². The van der Waals surface area contributed by atoms with Gasteiger partial charge in [-0.15, -0.1) is 0 Å². The summed E-state index contributed by atoms with van der Waals surface area (Å²) in [7, 11) is 0. The van der Waals surface area contributed by atoms with E-state index < -0.39 is 17.5 Å². The fourth-order valence-electron chi connectivity index (χ4n) is 1.77. The Morgan fingerprint density at radius 1 is 1.33 bits per heavy atom. The van der Waals surface area contributed by atoms with Gasteiger partial charge < -0.3 is 11.1 Å². The van der Waals surface area contributed by atoms with Gasteiger partial charge in [-0.3, -0.25) is 4.79 Å². The largest absolute Gasteiger partial charge is 0.398 e. The van der Waals surface area contributed by atoms with Crippen LogP contribution >= 0.6 is 11.6 Å². The predicted molar refractivity (Wildman–Crippen MR) is 76.1 cm³/mol. The maximum Gasteiger partial charge on any atom is 0.254 e. The van der Waals surface area contributed by atoms with E-state index in [1.807, 2.05) is 0 Å². The van der Waals surface area contributed by atoms with Crippen LogP contribution in [0.5, 0.6) is 0 Å². The molecular formula is C14H12ClF2N3O. The number of anilines is 1. The molecule has 0 fully saturated rings. The maximum atomic E-state index is 13.4. The van der Waals surface area contributed by atoms with Gasteiger partial charge >= 0.3 is 0 Å². The SMILES string of the molecule is Nc1cc(Cl)ncc1C(=O)NCCc1cc(F)ccc1F. The highest BCUT2D eigenvalue weighted by atomic mass is 35.5. The van der Waals surface area contributed by atoms with Gasteiger partial charge in [0.05, 0.1) is 5.56 Å². The van der Waals surface area contributed by atoms with E-state index in [0.717, 1.165) is 18.2 Å². The summed E-state index contributed by atoms with van der Waals surface area (Å²) in [6.45, 7) is 0.140. The maximum absolute atomic E-state index is 13.4. The van der Waals surface area contributed by atoms with Crippen molar-refractivity contribution in [2.75, 3.05) is 12.3 Å². The molecule has 1 aromatic carbocycles. The van der Waals surface area contributed by atoms with E-state index in [0.29, 0.717) is 0 Å². The quantitative estimate of drug-likeness (QED) is 0.853. The summed E-state index contributed by atoms with van der Waals surface area (Å²) in [6, 6.07) is 4.55. The van der Waals surface area contributed by atoms with Crippen molar-refractivity contribution in [2.24, 2.45) is 0 Å². The first-order valence-corrected chi connectivity index (χ1v) is 6.48. The number of rotatable bonds is 4. The fraction of sp³-hybridized carbons (Fsp3) is 0.143. The average molecular weight is 312 g/mol. The number of nitrogens with zero attached hydrogens (tertiary/aromatic N) is 1. The van der Waals surface area contributed by atoms with Crippen LogP contribution in [0.2, 0.25) is 5.15 Å². The minimum Gasteiger partial charge on any atom is -0.398 e. The number of carbonyl (C=O) groups excluding carboxylic acids is 1. The summed E-state index contributed by atoms with van der Waals surface area (Å²) in [6.07, 6.45) is 1.42. The topological polar surface area (TPSA) is 68.0 Å². The van der Waals surface area contributed by atoms with Crippen molar-refractivity contribution in [2.45, 2.75) is 6.42 Å². The van der Waals surface area contributed by atoms with Crippen LogP contribution in [-0.4, -0.2) is 17.4 Å². The predicted octanol–water partition coefficient (Wildman–Crippen LogP) is 2.57. The molecule has 2 rings (SSSR count). The van der Waals surface area contributed by atoms with Gasteiger partial charge in [0.2, 0.25) is 0 Å². The van der Waals surface area contributed by atoms with Crippen molar-refractivity contribution >= 4 is 23.2 Å². The second kappa shape index (κ2) is 6.49. The minimum atomic E-state index is -0.524. The molecule has 0 bridgehead atoms. The van der Waals surface area contributed by atoms with E-state index in [2.05, 4.69) is 10.3 Å². The van der Waals surface area contributed by atoms with E-state index in [1.165, 1.54) is 12.3 Å². The van der Waals surface area contributed by atoms with Gasteiger partial charge in [0.1, 0.15) is 16.8 Å². The van der Waals surface area contributed by atoms with Gasteiger partial charge in [-0.25, -0.2) is 13.8 Å². The molecule has 3 N–H and O–H groups in total. The minimum absolute atomic E-state index is 0.140. The number of carbonyl (C=O) groups is 1. The molecule has 0 saturated heterocycles. The molecule has 0 aliphatic rings. The van der Waals surface area contributed by atoms with E-state index in [4.69, 9.17) is 17.3 Å². The van der Waals surface area contributed by atoms with Gasteiger partial charge in [0, 0.05) is 18.4 Å². The van der Waals surface area contributed by atoms with E-state index in [9.17, 15) is 13.6 Å². The Balaban J connectivity index is 1.97. The van der Waals surface area contributed by atoms with E-state index in [-0.39, 0.29) is 34.9 Å². The second-order valence-electron chi connectivity index (χ2n) is 4.34. The molecule has 0 saturated carbocycles. The Morgan fingerprint density at radius 2 is 2.10 bits per heavy atom. The lowest BCUT2D eigenvalue weighted by atomic mass is 10.1. The van der Waals surface area contributed by atoms with Crippen molar-refractivity contribution in [1.82, 2.24) is 10.3 Å². The van der Waals surface area contributed by atoms with Gasteiger partial charge in [-0.1, -0.05) is 11.6 Å². The first kappa shape index (κ1) is 15.2. The summed E-state index contributed by atoms with van der Waals surface area (Å²) in [5.74, 6) is -1.49. The zero-order chi connectivity index (χ0) is 15.4. The average Bonchev–Trinajstić information content (AvgIpc) is 2.42. The highest BCUT2D eigenvalue weighted by molar-refractivity contribution is 6.29. The molecule has 1 amide bonds. The number of aromatic nitrogens is 1. The molecular weight excluding hydrogens is 300 g/mol. The van der Waals surface area contributed by atoms with E-state index in [1.54, 1.807) is 0 Å². The Kier molecular flexibility index (Phi) is 4.70. The molecule has 0 unspecified atom stereocenters. The molecule has 110 valence electrons. The molecule has 0 aliphatic heterocycles. The number of hydrogen-bond acceptors (Lipinski definition) is 3. The standard InChI is InChI=1S/C14H12ClF2N3O/c15-13-6-12(18)10(7-20-13)14(21)19-4-3-8-5-9(16)1-2-11(8)17/h1-2,5-7H,3-4H2,(H2,18,20)(H,19,21). The number of benzene rings is 1. The van der Waals surface area contributed by atoms with Crippen LogP contribution in [0, 0.1) is 11.6 Å². The number of nitrogens with two attached hydrogens (primary N) is 1. The number of nitrogen functional groups attached to an aromatic ring is 1. The Bertz CT molecular complexity index is 679. The van der Waals surface area contributed by atoms with E-state index >= 15 is 0 Å². The molecule has 2 aromatic rings. The molecule has 0 atom stereocenters. The lowest BCUT2D eigenvalue weighted by Crippen LogP contribution is -2.26. The second-order valence-corrected chi connectivity index (χ2v) is 4.72. The van der Waals surface area contributed by atoms with Crippen LogP contribution in [-0.2, 0) is 6.42 Å². The fourth-order valence-corrected chi connectivity index (χ4v) is 1.94. The van der Waals surface area contributed by atoms with Gasteiger partial charge in [-0.2, -0.15) is 0 Å². The lowest BCUT2D eigenvalue weighted by molar-refractivity contribution is 0.0954. The van der Waals surface area contributed by atoms with Crippen LogP contribution in [0.3, 0.4) is 0 Å². The third-order valence-electron chi connectivity index (χ3n) is 2.83. The molecule has 4 nitrogen and oxygen atoms in total. The zero-order valence-electron chi connectivity index (χ0n) is 10.9. The van der Waals surface area contributed by atoms with Crippen molar-refractivity contribution in [3.05, 3.63) is 58.4 Å². The number of amides is 1. The highest BCUT2D eigenvalue weighted by Gasteiger charge is 2.11.